The van der Waals surface area contributed by atoms with Crippen LogP contribution in [0.25, 0.3) is 0 Å². The first-order chi connectivity index (χ1) is 12.2. The lowest BCUT2D eigenvalue weighted by Crippen LogP contribution is -2.39. The van der Waals surface area contributed by atoms with Crippen molar-refractivity contribution < 1.29 is 19.4 Å². The molecule has 1 aliphatic heterocycles. The molecule has 26 heavy (non-hydrogen) atoms. The van der Waals surface area contributed by atoms with Gasteiger partial charge in [-0.15, -0.1) is 0 Å². The largest absolute Gasteiger partial charge is 0.493 e. The molecule has 1 saturated heterocycles. The summed E-state index contributed by atoms with van der Waals surface area (Å²) in [5.74, 6) is 0.252. The zero-order chi connectivity index (χ0) is 19.3. The standard InChI is InChI=1S/C20H28ClNO4/c1-20(2,3)16-12-15(21)4-5-17(16)26-13-14-8-10-22(11-9-14)18(23)6-7-19(24)25/h4-5,12,14H,6-11,13H2,1-3H3,(H,24,25). The van der Waals surface area contributed by atoms with E-state index in [9.17, 15) is 9.59 Å². The van der Waals surface area contributed by atoms with Crippen molar-refractivity contribution in [3.63, 3.8) is 0 Å². The molecule has 0 radical (unpaired) electrons. The molecule has 1 aromatic carbocycles. The number of halogens is 1. The minimum atomic E-state index is -0.931. The number of hydrogen-bond donors (Lipinski definition) is 1. The van der Waals surface area contributed by atoms with E-state index in [1.165, 1.54) is 0 Å². The average Bonchev–Trinajstić information content (AvgIpc) is 2.58. The Hall–Kier alpha value is -1.75. The highest BCUT2D eigenvalue weighted by Gasteiger charge is 2.25. The van der Waals surface area contributed by atoms with Crippen molar-refractivity contribution in [2.24, 2.45) is 5.92 Å². The second kappa shape index (κ2) is 8.76. The number of ether oxygens (including phenoxy) is 1. The van der Waals surface area contributed by atoms with Gasteiger partial charge in [-0.3, -0.25) is 9.59 Å². The molecule has 1 amide bonds. The molecule has 0 unspecified atom stereocenters. The monoisotopic (exact) mass is 381 g/mol. The second-order valence-electron chi connectivity index (χ2n) is 7.92. The van der Waals surface area contributed by atoms with Crippen LogP contribution in [0.3, 0.4) is 0 Å². The Morgan fingerprint density at radius 3 is 2.46 bits per heavy atom. The van der Waals surface area contributed by atoms with Gasteiger partial charge in [0.1, 0.15) is 5.75 Å². The lowest BCUT2D eigenvalue weighted by Gasteiger charge is -2.32. The van der Waals surface area contributed by atoms with E-state index in [1.807, 2.05) is 18.2 Å². The molecule has 0 spiro atoms. The quantitative estimate of drug-likeness (QED) is 0.804. The molecule has 0 aliphatic carbocycles. The van der Waals surface area contributed by atoms with Gasteiger partial charge in [0.25, 0.3) is 0 Å². The van der Waals surface area contributed by atoms with Gasteiger partial charge in [-0.1, -0.05) is 32.4 Å². The number of piperidine rings is 1. The molecule has 1 aliphatic rings. The molecule has 5 nitrogen and oxygen atoms in total. The molecule has 1 aromatic rings. The highest BCUT2D eigenvalue weighted by Crippen LogP contribution is 2.34. The van der Waals surface area contributed by atoms with Crippen molar-refractivity contribution in [2.45, 2.75) is 51.9 Å². The van der Waals surface area contributed by atoms with Gasteiger partial charge in [0, 0.05) is 30.1 Å². The number of benzene rings is 1. The van der Waals surface area contributed by atoms with E-state index in [2.05, 4.69) is 20.8 Å². The SMILES string of the molecule is CC(C)(C)c1cc(Cl)ccc1OCC1CCN(C(=O)CCC(=O)O)CC1. The van der Waals surface area contributed by atoms with Gasteiger partial charge in [-0.05, 0) is 42.4 Å². The summed E-state index contributed by atoms with van der Waals surface area (Å²) in [6, 6.07) is 5.73. The van der Waals surface area contributed by atoms with Crippen LogP contribution in [0.15, 0.2) is 18.2 Å². The molecule has 0 aromatic heterocycles. The van der Waals surface area contributed by atoms with Crippen LogP contribution in [0.1, 0.15) is 52.0 Å². The minimum Gasteiger partial charge on any atom is -0.493 e. The van der Waals surface area contributed by atoms with E-state index in [4.69, 9.17) is 21.4 Å². The van der Waals surface area contributed by atoms with E-state index in [0.717, 1.165) is 24.2 Å². The van der Waals surface area contributed by atoms with Crippen LogP contribution in [0, 0.1) is 5.92 Å². The van der Waals surface area contributed by atoms with Crippen molar-refractivity contribution in [1.29, 1.82) is 0 Å². The van der Waals surface area contributed by atoms with Gasteiger partial charge in [-0.25, -0.2) is 0 Å². The second-order valence-corrected chi connectivity index (χ2v) is 8.36. The first kappa shape index (κ1) is 20.6. The number of rotatable bonds is 6. The lowest BCUT2D eigenvalue weighted by atomic mass is 9.86. The summed E-state index contributed by atoms with van der Waals surface area (Å²) < 4.78 is 6.09. The summed E-state index contributed by atoms with van der Waals surface area (Å²) in [5, 5.41) is 9.39. The first-order valence-electron chi connectivity index (χ1n) is 9.09. The van der Waals surface area contributed by atoms with E-state index in [-0.39, 0.29) is 24.2 Å². The number of likely N-dealkylation sites (tertiary alicyclic amines) is 1. The number of carboxylic acid groups (broad SMARTS) is 1. The van der Waals surface area contributed by atoms with Crippen LogP contribution in [0.5, 0.6) is 5.75 Å². The number of carboxylic acids is 1. The van der Waals surface area contributed by atoms with Crippen molar-refractivity contribution >= 4 is 23.5 Å². The van der Waals surface area contributed by atoms with Crippen LogP contribution in [0.2, 0.25) is 5.02 Å². The highest BCUT2D eigenvalue weighted by atomic mass is 35.5. The first-order valence-corrected chi connectivity index (χ1v) is 9.47. The van der Waals surface area contributed by atoms with Crippen LogP contribution in [-0.2, 0) is 15.0 Å². The maximum absolute atomic E-state index is 12.0. The molecular formula is C20H28ClNO4. The third-order valence-electron chi connectivity index (χ3n) is 4.74. The van der Waals surface area contributed by atoms with E-state index < -0.39 is 5.97 Å². The van der Waals surface area contributed by atoms with Gasteiger partial charge in [0.05, 0.1) is 13.0 Å². The predicted molar refractivity (Wildman–Crippen MR) is 102 cm³/mol. The number of hydrogen-bond acceptors (Lipinski definition) is 3. The lowest BCUT2D eigenvalue weighted by molar-refractivity contribution is -0.141. The minimum absolute atomic E-state index is 0.0554. The maximum atomic E-state index is 12.0. The van der Waals surface area contributed by atoms with Crippen molar-refractivity contribution in [3.05, 3.63) is 28.8 Å². The third kappa shape index (κ3) is 5.90. The van der Waals surface area contributed by atoms with Gasteiger partial charge < -0.3 is 14.7 Å². The Balaban J connectivity index is 1.86. The summed E-state index contributed by atoms with van der Waals surface area (Å²) in [5.41, 5.74) is 1.03. The fourth-order valence-corrected chi connectivity index (χ4v) is 3.31. The van der Waals surface area contributed by atoms with Crippen LogP contribution in [-0.4, -0.2) is 41.6 Å². The van der Waals surface area contributed by atoms with Gasteiger partial charge in [0.2, 0.25) is 5.91 Å². The Labute approximate surface area is 160 Å². The number of carbonyl (C=O) groups is 2. The van der Waals surface area contributed by atoms with Gasteiger partial charge in [-0.2, -0.15) is 0 Å². The summed E-state index contributed by atoms with van der Waals surface area (Å²) in [6.45, 7) is 8.34. The summed E-state index contributed by atoms with van der Waals surface area (Å²) in [6.07, 6.45) is 1.72. The smallest absolute Gasteiger partial charge is 0.303 e. The molecule has 1 N–H and O–H groups in total. The molecule has 0 saturated carbocycles. The number of carbonyl (C=O) groups excluding carboxylic acids is 1. The number of aliphatic carboxylic acids is 1. The normalized spacial score (nSPS) is 15.8. The Kier molecular flexibility index (Phi) is 6.93. The number of nitrogens with zero attached hydrogens (tertiary/aromatic N) is 1. The predicted octanol–water partition coefficient (Wildman–Crippen LogP) is 4.12. The molecule has 2 rings (SSSR count). The Bertz CT molecular complexity index is 646. The van der Waals surface area contributed by atoms with Crippen LogP contribution in [0.4, 0.5) is 0 Å². The Morgan fingerprint density at radius 1 is 1.23 bits per heavy atom. The molecule has 1 fully saturated rings. The van der Waals surface area contributed by atoms with E-state index in [1.54, 1.807) is 4.90 Å². The van der Waals surface area contributed by atoms with Crippen molar-refractivity contribution in [3.8, 4) is 5.75 Å². The fourth-order valence-electron chi connectivity index (χ4n) is 3.14. The topological polar surface area (TPSA) is 66.8 Å². The van der Waals surface area contributed by atoms with Gasteiger partial charge >= 0.3 is 5.97 Å². The summed E-state index contributed by atoms with van der Waals surface area (Å²) in [4.78, 5) is 24.3. The van der Waals surface area contributed by atoms with Crippen LogP contribution >= 0.6 is 11.6 Å². The average molecular weight is 382 g/mol. The third-order valence-corrected chi connectivity index (χ3v) is 4.98. The molecule has 0 bridgehead atoms. The van der Waals surface area contributed by atoms with Crippen molar-refractivity contribution in [1.82, 2.24) is 4.90 Å². The molecule has 6 heteroatoms. The maximum Gasteiger partial charge on any atom is 0.303 e. The summed E-state index contributed by atoms with van der Waals surface area (Å²) in [7, 11) is 0. The molecule has 144 valence electrons. The van der Waals surface area contributed by atoms with E-state index >= 15 is 0 Å². The zero-order valence-corrected chi connectivity index (χ0v) is 16.5. The number of amides is 1. The van der Waals surface area contributed by atoms with Crippen LogP contribution < -0.4 is 4.74 Å². The van der Waals surface area contributed by atoms with Crippen molar-refractivity contribution in [2.75, 3.05) is 19.7 Å². The molecule has 0 atom stereocenters. The molecular weight excluding hydrogens is 354 g/mol. The molecule has 1 heterocycles. The summed E-state index contributed by atoms with van der Waals surface area (Å²) >= 11 is 6.13. The van der Waals surface area contributed by atoms with Gasteiger partial charge in [0.15, 0.2) is 0 Å². The zero-order valence-electron chi connectivity index (χ0n) is 15.8. The fraction of sp³-hybridized carbons (Fsp3) is 0.600. The highest BCUT2D eigenvalue weighted by molar-refractivity contribution is 6.30. The Morgan fingerprint density at radius 2 is 1.88 bits per heavy atom. The van der Waals surface area contributed by atoms with E-state index in [0.29, 0.717) is 30.6 Å².